The second-order valence-corrected chi connectivity index (χ2v) is 7.26. The lowest BCUT2D eigenvalue weighted by Gasteiger charge is -2.11. The monoisotopic (exact) mass is 385 g/mol. The van der Waals surface area contributed by atoms with E-state index in [1.807, 2.05) is 20.9 Å². The SMILES string of the molecule is CCOc1ccc(C(=O)[C@H](C)Sc2nnc(-c3ccc(F)cc3)n2C)cc1. The first-order chi connectivity index (χ1) is 13.0. The Balaban J connectivity index is 1.73. The summed E-state index contributed by atoms with van der Waals surface area (Å²) in [7, 11) is 1.83. The Hall–Kier alpha value is -2.67. The number of carbonyl (C=O) groups is 1. The van der Waals surface area contributed by atoms with E-state index in [9.17, 15) is 9.18 Å². The maximum absolute atomic E-state index is 13.1. The number of rotatable bonds is 7. The van der Waals surface area contributed by atoms with Crippen molar-refractivity contribution in [1.82, 2.24) is 14.8 Å². The van der Waals surface area contributed by atoms with Crippen LogP contribution in [-0.4, -0.2) is 32.4 Å². The fourth-order valence-corrected chi connectivity index (χ4v) is 3.49. The standard InChI is InChI=1S/C20H20FN3O2S/c1-4-26-17-11-7-14(8-12-17)18(25)13(2)27-20-23-22-19(24(20)3)15-5-9-16(21)10-6-15/h5-13H,4H2,1-3H3/t13-/m0/s1. The summed E-state index contributed by atoms with van der Waals surface area (Å²) in [5, 5.41) is 8.65. The number of hydrogen-bond acceptors (Lipinski definition) is 5. The number of nitrogens with zero attached hydrogens (tertiary/aromatic N) is 3. The second kappa shape index (κ2) is 8.35. The highest BCUT2D eigenvalue weighted by atomic mass is 32.2. The zero-order valence-corrected chi connectivity index (χ0v) is 16.2. The molecule has 0 unspecified atom stereocenters. The Morgan fingerprint density at radius 3 is 2.44 bits per heavy atom. The predicted molar refractivity (Wildman–Crippen MR) is 104 cm³/mol. The Bertz CT molecular complexity index is 923. The molecule has 5 nitrogen and oxygen atoms in total. The van der Waals surface area contributed by atoms with E-state index in [4.69, 9.17) is 4.74 Å². The lowest BCUT2D eigenvalue weighted by atomic mass is 10.1. The molecule has 0 amide bonds. The van der Waals surface area contributed by atoms with Gasteiger partial charge in [-0.15, -0.1) is 10.2 Å². The Morgan fingerprint density at radius 1 is 1.15 bits per heavy atom. The maximum Gasteiger partial charge on any atom is 0.191 e. The highest BCUT2D eigenvalue weighted by molar-refractivity contribution is 8.00. The van der Waals surface area contributed by atoms with Crippen LogP contribution in [0.4, 0.5) is 4.39 Å². The summed E-state index contributed by atoms with van der Waals surface area (Å²) in [6.45, 7) is 4.34. The molecule has 140 valence electrons. The molecule has 0 aliphatic carbocycles. The van der Waals surface area contributed by atoms with Crippen molar-refractivity contribution in [1.29, 1.82) is 0 Å². The summed E-state index contributed by atoms with van der Waals surface area (Å²) in [5.41, 5.74) is 1.39. The number of hydrogen-bond donors (Lipinski definition) is 0. The van der Waals surface area contributed by atoms with Gasteiger partial charge < -0.3 is 9.30 Å². The Labute approximate surface area is 161 Å². The van der Waals surface area contributed by atoms with Crippen molar-refractivity contribution in [3.63, 3.8) is 0 Å². The third-order valence-corrected chi connectivity index (χ3v) is 5.17. The summed E-state index contributed by atoms with van der Waals surface area (Å²) in [6.07, 6.45) is 0. The number of Topliss-reactive ketones (excluding diaryl/α,β-unsaturated/α-hetero) is 1. The van der Waals surface area contributed by atoms with Crippen LogP contribution in [0.25, 0.3) is 11.4 Å². The molecule has 2 aromatic carbocycles. The molecule has 0 N–H and O–H groups in total. The molecule has 1 atom stereocenters. The van der Waals surface area contributed by atoms with Crippen molar-refractivity contribution in [2.24, 2.45) is 7.05 Å². The van der Waals surface area contributed by atoms with Gasteiger partial charge in [-0.3, -0.25) is 4.79 Å². The van der Waals surface area contributed by atoms with Gasteiger partial charge in [-0.2, -0.15) is 0 Å². The minimum atomic E-state index is -0.327. The van der Waals surface area contributed by atoms with Crippen LogP contribution >= 0.6 is 11.8 Å². The van der Waals surface area contributed by atoms with Gasteiger partial charge in [0.25, 0.3) is 0 Å². The molecule has 0 radical (unpaired) electrons. The third-order valence-electron chi connectivity index (χ3n) is 4.04. The van der Waals surface area contributed by atoms with Crippen LogP contribution in [0, 0.1) is 5.82 Å². The first-order valence-corrected chi connectivity index (χ1v) is 9.46. The van der Waals surface area contributed by atoms with Crippen molar-refractivity contribution < 1.29 is 13.9 Å². The molecule has 0 aliphatic rings. The first-order valence-electron chi connectivity index (χ1n) is 8.58. The number of carbonyl (C=O) groups excluding carboxylic acids is 1. The summed E-state index contributed by atoms with van der Waals surface area (Å²) in [4.78, 5) is 12.7. The van der Waals surface area contributed by atoms with E-state index in [1.54, 1.807) is 41.0 Å². The van der Waals surface area contributed by atoms with E-state index in [0.717, 1.165) is 11.3 Å². The molecule has 27 heavy (non-hydrogen) atoms. The van der Waals surface area contributed by atoms with Crippen LogP contribution in [0.3, 0.4) is 0 Å². The molecule has 7 heteroatoms. The van der Waals surface area contributed by atoms with Gasteiger partial charge >= 0.3 is 0 Å². The van der Waals surface area contributed by atoms with Crippen molar-refractivity contribution in [3.8, 4) is 17.1 Å². The fraction of sp³-hybridized carbons (Fsp3) is 0.250. The zero-order chi connectivity index (χ0) is 19.4. The smallest absolute Gasteiger partial charge is 0.191 e. The zero-order valence-electron chi connectivity index (χ0n) is 15.3. The number of benzene rings is 2. The number of ketones is 1. The van der Waals surface area contributed by atoms with Gasteiger partial charge in [-0.25, -0.2) is 4.39 Å². The number of thioether (sulfide) groups is 1. The molecular formula is C20H20FN3O2S. The van der Waals surface area contributed by atoms with E-state index >= 15 is 0 Å². The molecule has 0 saturated heterocycles. The number of halogens is 1. The van der Waals surface area contributed by atoms with Gasteiger partial charge in [-0.1, -0.05) is 11.8 Å². The topological polar surface area (TPSA) is 57.0 Å². The maximum atomic E-state index is 13.1. The summed E-state index contributed by atoms with van der Waals surface area (Å²) < 4.78 is 20.3. The summed E-state index contributed by atoms with van der Waals surface area (Å²) >= 11 is 1.34. The van der Waals surface area contributed by atoms with Gasteiger partial charge in [0, 0.05) is 18.2 Å². The van der Waals surface area contributed by atoms with Crippen molar-refractivity contribution >= 4 is 17.5 Å². The molecule has 0 fully saturated rings. The van der Waals surface area contributed by atoms with E-state index in [1.165, 1.54) is 23.9 Å². The van der Waals surface area contributed by atoms with Gasteiger partial charge in [0.05, 0.1) is 11.9 Å². The summed E-state index contributed by atoms with van der Waals surface area (Å²) in [5.74, 6) is 1.07. The molecular weight excluding hydrogens is 365 g/mol. The molecule has 0 bridgehead atoms. The van der Waals surface area contributed by atoms with Crippen molar-refractivity contribution in [2.75, 3.05) is 6.61 Å². The van der Waals surface area contributed by atoms with Crippen LogP contribution in [-0.2, 0) is 7.05 Å². The molecule has 3 rings (SSSR count). The fourth-order valence-electron chi connectivity index (χ4n) is 2.60. The normalized spacial score (nSPS) is 12.0. The Morgan fingerprint density at radius 2 is 1.81 bits per heavy atom. The third kappa shape index (κ3) is 4.36. The minimum absolute atomic E-state index is 0.00869. The predicted octanol–water partition coefficient (Wildman–Crippen LogP) is 4.38. The minimum Gasteiger partial charge on any atom is -0.494 e. The quantitative estimate of drug-likeness (QED) is 0.446. The van der Waals surface area contributed by atoms with Gasteiger partial charge in [0.2, 0.25) is 0 Å². The summed E-state index contributed by atoms with van der Waals surface area (Å²) in [6, 6.07) is 13.2. The van der Waals surface area contributed by atoms with E-state index in [2.05, 4.69) is 10.2 Å². The average Bonchev–Trinajstić information content (AvgIpc) is 3.03. The van der Waals surface area contributed by atoms with Crippen molar-refractivity contribution in [3.05, 3.63) is 59.9 Å². The highest BCUT2D eigenvalue weighted by Crippen LogP contribution is 2.27. The molecule has 1 aromatic heterocycles. The van der Waals surface area contributed by atoms with E-state index in [0.29, 0.717) is 23.2 Å². The molecule has 3 aromatic rings. The second-order valence-electron chi connectivity index (χ2n) is 5.95. The van der Waals surface area contributed by atoms with E-state index in [-0.39, 0.29) is 16.9 Å². The van der Waals surface area contributed by atoms with Crippen LogP contribution < -0.4 is 4.74 Å². The molecule has 0 aliphatic heterocycles. The van der Waals surface area contributed by atoms with E-state index < -0.39 is 0 Å². The lowest BCUT2D eigenvalue weighted by molar-refractivity contribution is 0.0994. The number of aromatic nitrogens is 3. The Kier molecular flexibility index (Phi) is 5.91. The van der Waals surface area contributed by atoms with Crippen LogP contribution in [0.2, 0.25) is 0 Å². The lowest BCUT2D eigenvalue weighted by Crippen LogP contribution is -2.14. The molecule has 0 saturated carbocycles. The average molecular weight is 385 g/mol. The van der Waals surface area contributed by atoms with Crippen molar-refractivity contribution in [2.45, 2.75) is 24.3 Å². The van der Waals surface area contributed by atoms with Gasteiger partial charge in [0.15, 0.2) is 16.8 Å². The van der Waals surface area contributed by atoms with Gasteiger partial charge in [0.1, 0.15) is 11.6 Å². The van der Waals surface area contributed by atoms with Crippen LogP contribution in [0.5, 0.6) is 5.75 Å². The van der Waals surface area contributed by atoms with Crippen LogP contribution in [0.15, 0.2) is 53.7 Å². The van der Waals surface area contributed by atoms with Gasteiger partial charge in [-0.05, 0) is 62.4 Å². The van der Waals surface area contributed by atoms with Crippen LogP contribution in [0.1, 0.15) is 24.2 Å². The first kappa shape index (κ1) is 19.1. The number of ether oxygens (including phenoxy) is 1. The largest absolute Gasteiger partial charge is 0.494 e. The molecule has 0 spiro atoms. The highest BCUT2D eigenvalue weighted by Gasteiger charge is 2.20. The molecule has 1 heterocycles.